The number of likely N-dealkylation sites (N-methyl/N-ethyl adjacent to an activating group) is 1. The summed E-state index contributed by atoms with van der Waals surface area (Å²) in [4.78, 5) is 15.9. The number of nitrogens with zero attached hydrogens (tertiary/aromatic N) is 2. The number of ether oxygens (including phenoxy) is 2. The van der Waals surface area contributed by atoms with Crippen LogP contribution in [0, 0.1) is 0 Å². The van der Waals surface area contributed by atoms with Gasteiger partial charge in [0, 0.05) is 17.7 Å². The van der Waals surface area contributed by atoms with Crippen molar-refractivity contribution in [2.45, 2.75) is 6.92 Å². The van der Waals surface area contributed by atoms with E-state index in [4.69, 9.17) is 14.0 Å². The highest BCUT2D eigenvalue weighted by Gasteiger charge is 2.14. The lowest BCUT2D eigenvalue weighted by Crippen LogP contribution is -2.28. The quantitative estimate of drug-likeness (QED) is 0.703. The second-order valence-corrected chi connectivity index (χ2v) is 5.40. The Morgan fingerprint density at radius 1 is 1.12 bits per heavy atom. The molecule has 0 saturated heterocycles. The monoisotopic (exact) mass is 353 g/mol. The minimum absolute atomic E-state index is 0.0795. The summed E-state index contributed by atoms with van der Waals surface area (Å²) < 4.78 is 16.2. The summed E-state index contributed by atoms with van der Waals surface area (Å²) in [5, 5.41) is 6.69. The molecule has 1 N–H and O–H groups in total. The number of hydrogen-bond donors (Lipinski definition) is 1. The molecular weight excluding hydrogens is 334 g/mol. The highest BCUT2D eigenvalue weighted by atomic mass is 16.5. The number of rotatable bonds is 7. The Labute approximate surface area is 150 Å². The molecule has 0 aliphatic carbocycles. The average molecular weight is 353 g/mol. The number of hydrogen-bond acceptors (Lipinski definition) is 6. The second kappa shape index (κ2) is 8.15. The lowest BCUT2D eigenvalue weighted by Gasteiger charge is -2.11. The zero-order valence-electron chi connectivity index (χ0n) is 14.6. The van der Waals surface area contributed by atoms with Crippen molar-refractivity contribution in [2.24, 2.45) is 0 Å². The summed E-state index contributed by atoms with van der Waals surface area (Å²) in [6.07, 6.45) is 0. The third-order valence-corrected chi connectivity index (χ3v) is 3.60. The van der Waals surface area contributed by atoms with Crippen molar-refractivity contribution < 1.29 is 18.8 Å². The molecule has 0 atom stereocenters. The zero-order valence-corrected chi connectivity index (χ0v) is 14.6. The fourth-order valence-corrected chi connectivity index (χ4v) is 2.36. The third-order valence-electron chi connectivity index (χ3n) is 3.60. The molecule has 0 bridgehead atoms. The van der Waals surface area contributed by atoms with Crippen molar-refractivity contribution in [3.8, 4) is 34.3 Å². The van der Waals surface area contributed by atoms with Gasteiger partial charge >= 0.3 is 0 Å². The maximum Gasteiger partial charge on any atom is 0.258 e. The topological polar surface area (TPSA) is 86.5 Å². The molecule has 26 heavy (non-hydrogen) atoms. The molecule has 0 radical (unpaired) electrons. The first kappa shape index (κ1) is 17.5. The van der Waals surface area contributed by atoms with Crippen LogP contribution in [-0.4, -0.2) is 36.3 Å². The van der Waals surface area contributed by atoms with Crippen LogP contribution in [0.25, 0.3) is 22.8 Å². The average Bonchev–Trinajstić information content (AvgIpc) is 3.17. The van der Waals surface area contributed by atoms with E-state index in [1.165, 1.54) is 7.11 Å². The lowest BCUT2D eigenvalue weighted by molar-refractivity contribution is -0.123. The number of benzene rings is 2. The van der Waals surface area contributed by atoms with Crippen LogP contribution in [0.1, 0.15) is 6.92 Å². The number of carbonyl (C=O) groups excluding carboxylic acids is 1. The molecule has 3 aromatic rings. The lowest BCUT2D eigenvalue weighted by atomic mass is 10.2. The van der Waals surface area contributed by atoms with E-state index in [1.54, 1.807) is 18.2 Å². The van der Waals surface area contributed by atoms with E-state index >= 15 is 0 Å². The van der Waals surface area contributed by atoms with Gasteiger partial charge in [0.25, 0.3) is 11.8 Å². The number of nitrogens with one attached hydrogen (secondary N) is 1. The van der Waals surface area contributed by atoms with Gasteiger partial charge in [-0.25, -0.2) is 0 Å². The molecule has 0 saturated carbocycles. The van der Waals surface area contributed by atoms with Gasteiger partial charge in [-0.3, -0.25) is 4.79 Å². The molecule has 1 amide bonds. The van der Waals surface area contributed by atoms with E-state index < -0.39 is 0 Å². The largest absolute Gasteiger partial charge is 0.493 e. The fraction of sp³-hybridized carbons (Fsp3) is 0.211. The van der Waals surface area contributed by atoms with Gasteiger partial charge in [-0.05, 0) is 37.3 Å². The Morgan fingerprint density at radius 3 is 2.65 bits per heavy atom. The van der Waals surface area contributed by atoms with Crippen molar-refractivity contribution in [2.75, 3.05) is 20.3 Å². The van der Waals surface area contributed by atoms with Crippen molar-refractivity contribution in [3.63, 3.8) is 0 Å². The first-order chi connectivity index (χ1) is 12.7. The van der Waals surface area contributed by atoms with Crippen molar-refractivity contribution in [1.82, 2.24) is 15.5 Å². The van der Waals surface area contributed by atoms with Gasteiger partial charge in [0.1, 0.15) is 0 Å². The molecule has 1 heterocycles. The van der Waals surface area contributed by atoms with Crippen LogP contribution in [0.15, 0.2) is 53.1 Å². The summed E-state index contributed by atoms with van der Waals surface area (Å²) in [6.45, 7) is 2.33. The number of methoxy groups -OCH3 is 1. The fourth-order valence-electron chi connectivity index (χ4n) is 2.36. The number of amides is 1. The van der Waals surface area contributed by atoms with E-state index in [0.29, 0.717) is 29.8 Å². The Balaban J connectivity index is 1.79. The van der Waals surface area contributed by atoms with Gasteiger partial charge in [-0.15, -0.1) is 0 Å². The molecule has 0 aliphatic heterocycles. The molecule has 7 nitrogen and oxygen atoms in total. The van der Waals surface area contributed by atoms with Crippen molar-refractivity contribution in [1.29, 1.82) is 0 Å². The minimum atomic E-state index is -0.190. The molecule has 7 heteroatoms. The van der Waals surface area contributed by atoms with Gasteiger partial charge in [0.05, 0.1) is 7.11 Å². The van der Waals surface area contributed by atoms with Crippen LogP contribution in [0.5, 0.6) is 11.5 Å². The smallest absolute Gasteiger partial charge is 0.258 e. The van der Waals surface area contributed by atoms with Crippen LogP contribution in [0.2, 0.25) is 0 Å². The molecule has 0 unspecified atom stereocenters. The Bertz CT molecular complexity index is 878. The van der Waals surface area contributed by atoms with E-state index in [9.17, 15) is 4.79 Å². The second-order valence-electron chi connectivity index (χ2n) is 5.40. The van der Waals surface area contributed by atoms with Gasteiger partial charge in [-0.2, -0.15) is 4.98 Å². The number of carbonyl (C=O) groups is 1. The van der Waals surface area contributed by atoms with Crippen molar-refractivity contribution >= 4 is 5.91 Å². The van der Waals surface area contributed by atoms with Crippen LogP contribution < -0.4 is 14.8 Å². The molecule has 3 rings (SSSR count). The first-order valence-electron chi connectivity index (χ1n) is 8.18. The molecule has 1 aromatic heterocycles. The van der Waals surface area contributed by atoms with Gasteiger partial charge < -0.3 is 19.3 Å². The molecule has 0 aliphatic rings. The standard InChI is InChI=1S/C19H19N3O4/c1-3-20-17(23)12-25-15-10-9-14(11-16(15)24-2)18-21-19(26-22-18)13-7-5-4-6-8-13/h4-11H,3,12H2,1-2H3,(H,20,23). The van der Waals surface area contributed by atoms with Crippen LogP contribution >= 0.6 is 0 Å². The summed E-state index contributed by atoms with van der Waals surface area (Å²) in [5.74, 6) is 1.64. The summed E-state index contributed by atoms with van der Waals surface area (Å²) in [5.41, 5.74) is 1.57. The highest BCUT2D eigenvalue weighted by molar-refractivity contribution is 5.77. The maximum absolute atomic E-state index is 11.5. The van der Waals surface area contributed by atoms with E-state index in [2.05, 4.69) is 15.5 Å². The predicted molar refractivity (Wildman–Crippen MR) is 95.9 cm³/mol. The van der Waals surface area contributed by atoms with Crippen LogP contribution in [0.4, 0.5) is 0 Å². The molecule has 2 aromatic carbocycles. The first-order valence-corrected chi connectivity index (χ1v) is 8.18. The summed E-state index contributed by atoms with van der Waals surface area (Å²) >= 11 is 0. The molecule has 0 fully saturated rings. The summed E-state index contributed by atoms with van der Waals surface area (Å²) in [6, 6.07) is 14.8. The normalized spacial score (nSPS) is 10.4. The van der Waals surface area contributed by atoms with Gasteiger partial charge in [0.15, 0.2) is 18.1 Å². The van der Waals surface area contributed by atoms with E-state index in [0.717, 1.165) is 11.1 Å². The molecular formula is C19H19N3O4. The Morgan fingerprint density at radius 2 is 1.92 bits per heavy atom. The Kier molecular flexibility index (Phi) is 5.48. The molecule has 0 spiro atoms. The van der Waals surface area contributed by atoms with Gasteiger partial charge in [0.2, 0.25) is 5.82 Å². The summed E-state index contributed by atoms with van der Waals surface area (Å²) in [7, 11) is 1.53. The predicted octanol–water partition coefficient (Wildman–Crippen LogP) is 2.93. The number of aromatic nitrogens is 2. The van der Waals surface area contributed by atoms with E-state index in [-0.39, 0.29) is 12.5 Å². The Hall–Kier alpha value is -3.35. The van der Waals surface area contributed by atoms with Crippen LogP contribution in [-0.2, 0) is 4.79 Å². The van der Waals surface area contributed by atoms with Crippen molar-refractivity contribution in [3.05, 3.63) is 48.5 Å². The maximum atomic E-state index is 11.5. The zero-order chi connectivity index (χ0) is 18.4. The third kappa shape index (κ3) is 4.00. The van der Waals surface area contributed by atoms with Gasteiger partial charge in [-0.1, -0.05) is 23.4 Å². The SMILES string of the molecule is CCNC(=O)COc1ccc(-c2noc(-c3ccccc3)n2)cc1OC. The van der Waals surface area contributed by atoms with E-state index in [1.807, 2.05) is 37.3 Å². The highest BCUT2D eigenvalue weighted by Crippen LogP contribution is 2.32. The van der Waals surface area contributed by atoms with Crippen LogP contribution in [0.3, 0.4) is 0 Å². The molecule has 134 valence electrons. The minimum Gasteiger partial charge on any atom is -0.493 e.